The lowest BCUT2D eigenvalue weighted by molar-refractivity contribution is -0.305. The highest BCUT2D eigenvalue weighted by atomic mass is 16.7. The van der Waals surface area contributed by atoms with Crippen molar-refractivity contribution in [2.24, 2.45) is 0 Å². The van der Waals surface area contributed by atoms with E-state index in [1.807, 2.05) is 6.08 Å². The van der Waals surface area contributed by atoms with Gasteiger partial charge in [0, 0.05) is 12.8 Å². The van der Waals surface area contributed by atoms with Crippen molar-refractivity contribution >= 4 is 11.9 Å². The minimum atomic E-state index is -1.60. The number of aliphatic hydroxyl groups is 4. The van der Waals surface area contributed by atoms with Gasteiger partial charge < -0.3 is 39.4 Å². The number of hydrogen-bond donors (Lipinski definition) is 4. The third kappa shape index (κ3) is 29.7. The van der Waals surface area contributed by atoms with Crippen molar-refractivity contribution in [2.75, 3.05) is 19.8 Å². The minimum Gasteiger partial charge on any atom is -0.462 e. The van der Waals surface area contributed by atoms with Gasteiger partial charge in [0.05, 0.1) is 13.2 Å². The molecule has 332 valence electrons. The van der Waals surface area contributed by atoms with Gasteiger partial charge in [-0.05, 0) is 57.8 Å². The first-order valence-corrected chi connectivity index (χ1v) is 23.1. The molecule has 1 saturated heterocycles. The molecule has 0 aromatic carbocycles. The summed E-state index contributed by atoms with van der Waals surface area (Å²) in [5.74, 6) is -0.869. The molecule has 0 aliphatic carbocycles. The maximum atomic E-state index is 12.8. The molecule has 1 rings (SSSR count). The molecule has 10 heteroatoms. The number of unbranched alkanes of at least 4 members (excludes halogenated alkanes) is 21. The molecule has 4 N–H and O–H groups in total. The van der Waals surface area contributed by atoms with Crippen LogP contribution in [0, 0.1) is 0 Å². The number of aliphatic hydroxyl groups excluding tert-OH is 4. The monoisotopic (exact) mass is 809 g/mol. The van der Waals surface area contributed by atoms with Crippen LogP contribution in [0.1, 0.15) is 194 Å². The van der Waals surface area contributed by atoms with Crippen LogP contribution in [-0.2, 0) is 28.5 Å². The number of rotatable bonds is 38. The summed E-state index contributed by atoms with van der Waals surface area (Å²) < 4.78 is 22.1. The molecule has 1 fully saturated rings. The molecule has 0 aromatic rings. The molecule has 1 heterocycles. The molecular weight excluding hydrogens is 725 g/mol. The quantitative estimate of drug-likeness (QED) is 0.0270. The van der Waals surface area contributed by atoms with Crippen LogP contribution in [0.2, 0.25) is 0 Å². The minimum absolute atomic E-state index is 0.191. The zero-order chi connectivity index (χ0) is 41.6. The molecule has 1 aliphatic rings. The topological polar surface area (TPSA) is 152 Å². The number of esters is 2. The maximum absolute atomic E-state index is 12.8. The lowest BCUT2D eigenvalue weighted by Crippen LogP contribution is -2.59. The van der Waals surface area contributed by atoms with Crippen LogP contribution in [0.3, 0.4) is 0 Å². The highest BCUT2D eigenvalue weighted by Gasteiger charge is 2.44. The van der Waals surface area contributed by atoms with E-state index < -0.39 is 55.4 Å². The highest BCUT2D eigenvalue weighted by Crippen LogP contribution is 2.22. The standard InChI is InChI=1S/C47H84O10/c1-3-5-7-9-11-13-15-17-19-20-22-24-26-28-30-32-34-36-43(50)56-40(39-55-47-46(53)45(52)44(51)41(37-48)57-47)38-54-42(49)35-33-31-29-27-25-23-21-18-16-14-12-10-8-6-4-2/h11,13,17,19,29,31,40-41,44-48,51-53H,3-10,12,14-16,18,20-28,30,32-39H2,1-2H3/b13-11+,19-17+,31-29+/t40-,41-,44+,45?,46?,47-/m1/s1. The summed E-state index contributed by atoms with van der Waals surface area (Å²) in [6, 6.07) is 0. The zero-order valence-corrected chi connectivity index (χ0v) is 36.1. The maximum Gasteiger partial charge on any atom is 0.306 e. The van der Waals surface area contributed by atoms with Gasteiger partial charge in [-0.2, -0.15) is 0 Å². The van der Waals surface area contributed by atoms with E-state index >= 15 is 0 Å². The number of allylic oxidation sites excluding steroid dienone is 6. The first-order chi connectivity index (χ1) is 27.8. The molecule has 0 spiro atoms. The summed E-state index contributed by atoms with van der Waals surface area (Å²) in [6.07, 6.45) is 35.9. The molecule has 0 aromatic heterocycles. The van der Waals surface area contributed by atoms with E-state index in [4.69, 9.17) is 18.9 Å². The van der Waals surface area contributed by atoms with Crippen LogP contribution in [0.25, 0.3) is 0 Å². The van der Waals surface area contributed by atoms with Gasteiger partial charge in [-0.25, -0.2) is 0 Å². The van der Waals surface area contributed by atoms with E-state index in [0.717, 1.165) is 44.9 Å². The van der Waals surface area contributed by atoms with E-state index in [9.17, 15) is 30.0 Å². The van der Waals surface area contributed by atoms with E-state index in [1.165, 1.54) is 109 Å². The van der Waals surface area contributed by atoms with Crippen LogP contribution in [0.5, 0.6) is 0 Å². The summed E-state index contributed by atoms with van der Waals surface area (Å²) >= 11 is 0. The molecule has 0 radical (unpaired) electrons. The van der Waals surface area contributed by atoms with Crippen LogP contribution in [0.4, 0.5) is 0 Å². The Labute approximate surface area is 346 Å². The van der Waals surface area contributed by atoms with Crippen molar-refractivity contribution in [1.82, 2.24) is 0 Å². The number of carbonyl (C=O) groups excluding carboxylic acids is 2. The van der Waals surface area contributed by atoms with Crippen molar-refractivity contribution in [3.05, 3.63) is 36.5 Å². The van der Waals surface area contributed by atoms with Gasteiger partial charge in [-0.3, -0.25) is 9.59 Å². The van der Waals surface area contributed by atoms with Crippen molar-refractivity contribution in [1.29, 1.82) is 0 Å². The summed E-state index contributed by atoms with van der Waals surface area (Å²) in [4.78, 5) is 25.3. The normalized spacial score (nSPS) is 20.6. The average Bonchev–Trinajstić information content (AvgIpc) is 3.21. The Kier molecular flexibility index (Phi) is 35.4. The summed E-state index contributed by atoms with van der Waals surface area (Å²) in [5, 5.41) is 40.1. The lowest BCUT2D eigenvalue weighted by atomic mass is 9.99. The van der Waals surface area contributed by atoms with Crippen molar-refractivity contribution in [2.45, 2.75) is 230 Å². The van der Waals surface area contributed by atoms with Crippen LogP contribution in [0.15, 0.2) is 36.5 Å². The van der Waals surface area contributed by atoms with Crippen molar-refractivity contribution in [3.63, 3.8) is 0 Å². The lowest BCUT2D eigenvalue weighted by Gasteiger charge is -2.39. The largest absolute Gasteiger partial charge is 0.462 e. The molecule has 57 heavy (non-hydrogen) atoms. The van der Waals surface area contributed by atoms with Crippen molar-refractivity contribution in [3.8, 4) is 0 Å². The fourth-order valence-electron chi connectivity index (χ4n) is 6.82. The molecular formula is C47H84O10. The summed E-state index contributed by atoms with van der Waals surface area (Å²) in [6.45, 7) is 3.36. The van der Waals surface area contributed by atoms with Crippen LogP contribution < -0.4 is 0 Å². The third-order valence-electron chi connectivity index (χ3n) is 10.5. The van der Waals surface area contributed by atoms with Gasteiger partial charge in [0.2, 0.25) is 0 Å². The fraction of sp³-hybridized carbons (Fsp3) is 0.830. The Morgan fingerprint density at radius 3 is 1.58 bits per heavy atom. The van der Waals surface area contributed by atoms with Crippen molar-refractivity contribution < 1.29 is 49.0 Å². The molecule has 0 saturated carbocycles. The molecule has 10 nitrogen and oxygen atoms in total. The Morgan fingerprint density at radius 1 is 0.544 bits per heavy atom. The fourth-order valence-corrected chi connectivity index (χ4v) is 6.82. The second-order valence-corrected chi connectivity index (χ2v) is 15.8. The van der Waals surface area contributed by atoms with Gasteiger partial charge in [-0.1, -0.05) is 159 Å². The predicted octanol–water partition coefficient (Wildman–Crippen LogP) is 9.89. The van der Waals surface area contributed by atoms with E-state index in [0.29, 0.717) is 12.8 Å². The third-order valence-corrected chi connectivity index (χ3v) is 10.5. The zero-order valence-electron chi connectivity index (χ0n) is 36.1. The second-order valence-electron chi connectivity index (χ2n) is 15.8. The summed E-state index contributed by atoms with van der Waals surface area (Å²) in [7, 11) is 0. The molecule has 1 aliphatic heterocycles. The van der Waals surface area contributed by atoms with E-state index in [1.54, 1.807) is 0 Å². The molecule has 2 unspecified atom stereocenters. The van der Waals surface area contributed by atoms with E-state index in [-0.39, 0.29) is 26.1 Å². The Bertz CT molecular complexity index is 1030. The predicted molar refractivity (Wildman–Crippen MR) is 229 cm³/mol. The van der Waals surface area contributed by atoms with Gasteiger partial charge in [-0.15, -0.1) is 0 Å². The smallest absolute Gasteiger partial charge is 0.306 e. The van der Waals surface area contributed by atoms with Crippen LogP contribution in [-0.4, -0.2) is 89.0 Å². The van der Waals surface area contributed by atoms with Crippen LogP contribution >= 0.6 is 0 Å². The molecule has 0 bridgehead atoms. The van der Waals surface area contributed by atoms with E-state index in [2.05, 4.69) is 44.2 Å². The number of carbonyl (C=O) groups is 2. The number of hydrogen-bond acceptors (Lipinski definition) is 10. The van der Waals surface area contributed by atoms with Gasteiger partial charge in [0.25, 0.3) is 0 Å². The first kappa shape index (κ1) is 52.9. The first-order valence-electron chi connectivity index (χ1n) is 23.1. The molecule has 6 atom stereocenters. The molecule has 0 amide bonds. The van der Waals surface area contributed by atoms with Gasteiger partial charge in [0.1, 0.15) is 31.0 Å². The Morgan fingerprint density at radius 2 is 1.02 bits per heavy atom. The highest BCUT2D eigenvalue weighted by molar-refractivity contribution is 5.70. The second kappa shape index (κ2) is 38.1. The Hall–Kier alpha value is -2.08. The van der Waals surface area contributed by atoms with Gasteiger partial charge in [0.15, 0.2) is 12.4 Å². The average molecular weight is 809 g/mol. The Balaban J connectivity index is 2.34. The number of ether oxygens (including phenoxy) is 4. The summed E-state index contributed by atoms with van der Waals surface area (Å²) in [5.41, 5.74) is 0. The SMILES string of the molecule is CCCCC/C=C/C/C=C/CCCCCCCCCC(=O)O[C@H](COC(=O)CC/C=C/CCCCCCCCCCCCC)CO[C@@H]1O[C@H](CO)[C@H](O)C(O)C1O. The van der Waals surface area contributed by atoms with Gasteiger partial charge >= 0.3 is 11.9 Å².